The number of hydrogen-bond donors (Lipinski definition) is 0. The Hall–Kier alpha value is -1.60. The first kappa shape index (κ1) is 19.4. The van der Waals surface area contributed by atoms with Crippen molar-refractivity contribution in [2.45, 2.75) is 52.4 Å². The fourth-order valence-electron chi connectivity index (χ4n) is 2.41. The quantitative estimate of drug-likeness (QED) is 0.623. The van der Waals surface area contributed by atoms with E-state index in [1.807, 2.05) is 24.3 Å². The van der Waals surface area contributed by atoms with Crippen LogP contribution in [0.3, 0.4) is 0 Å². The van der Waals surface area contributed by atoms with E-state index in [4.69, 9.17) is 0 Å². The van der Waals surface area contributed by atoms with E-state index in [1.54, 1.807) is 0 Å². The molecule has 0 aliphatic heterocycles. The van der Waals surface area contributed by atoms with Crippen molar-refractivity contribution >= 4 is 18.2 Å². The molecule has 0 atom stereocenters. The minimum absolute atomic E-state index is 0. The molecule has 0 bridgehead atoms. The topological polar surface area (TPSA) is 17.1 Å². The van der Waals surface area contributed by atoms with Gasteiger partial charge in [-0.2, -0.15) is 0 Å². The monoisotopic (exact) mass is 330 g/mol. The van der Waals surface area contributed by atoms with E-state index in [1.165, 1.54) is 11.1 Å². The lowest BCUT2D eigenvalue weighted by molar-refractivity contribution is 0.103. The Bertz CT molecular complexity index is 593. The molecule has 0 N–H and O–H groups in total. The summed E-state index contributed by atoms with van der Waals surface area (Å²) in [6.07, 6.45) is 0. The summed E-state index contributed by atoms with van der Waals surface area (Å²) in [5.74, 6) is 0.0842. The van der Waals surface area contributed by atoms with Crippen molar-refractivity contribution in [1.29, 1.82) is 0 Å². The van der Waals surface area contributed by atoms with Crippen molar-refractivity contribution in [2.75, 3.05) is 0 Å². The Morgan fingerprint density at radius 1 is 0.609 bits per heavy atom. The summed E-state index contributed by atoms with van der Waals surface area (Å²) >= 11 is 0. The van der Waals surface area contributed by atoms with Gasteiger partial charge in [-0.3, -0.25) is 4.79 Å². The number of hydrogen-bond acceptors (Lipinski definition) is 1. The molecule has 124 valence electrons. The number of rotatable bonds is 2. The highest BCUT2D eigenvalue weighted by atomic mass is 35.5. The SMILES string of the molecule is CC(C)(C)c1ccc(C(=O)c2ccc(C(C)(C)C)cc2)cc1.Cl. The molecule has 2 rings (SSSR count). The summed E-state index contributed by atoms with van der Waals surface area (Å²) in [6, 6.07) is 15.9. The smallest absolute Gasteiger partial charge is 0.193 e. The van der Waals surface area contributed by atoms with Gasteiger partial charge >= 0.3 is 0 Å². The highest BCUT2D eigenvalue weighted by Crippen LogP contribution is 2.24. The number of carbonyl (C=O) groups is 1. The summed E-state index contributed by atoms with van der Waals surface area (Å²) in [5.41, 5.74) is 4.19. The molecule has 2 aromatic carbocycles. The van der Waals surface area contributed by atoms with E-state index in [9.17, 15) is 4.79 Å². The lowest BCUT2D eigenvalue weighted by Gasteiger charge is -2.19. The normalized spacial score (nSPS) is 11.7. The lowest BCUT2D eigenvalue weighted by Crippen LogP contribution is -2.12. The van der Waals surface area contributed by atoms with Gasteiger partial charge in [0.25, 0.3) is 0 Å². The van der Waals surface area contributed by atoms with Gasteiger partial charge in [0.05, 0.1) is 0 Å². The van der Waals surface area contributed by atoms with E-state index in [0.717, 1.165) is 11.1 Å². The van der Waals surface area contributed by atoms with Gasteiger partial charge in [0.1, 0.15) is 0 Å². The third-order valence-electron chi connectivity index (χ3n) is 4.03. The number of halogens is 1. The van der Waals surface area contributed by atoms with Gasteiger partial charge in [-0.15, -0.1) is 12.4 Å². The van der Waals surface area contributed by atoms with Crippen LogP contribution in [0.2, 0.25) is 0 Å². The third kappa shape index (κ3) is 4.68. The maximum absolute atomic E-state index is 12.6. The molecule has 0 heterocycles. The molecule has 0 amide bonds. The van der Waals surface area contributed by atoms with Crippen LogP contribution in [-0.4, -0.2) is 5.78 Å². The zero-order valence-corrected chi connectivity index (χ0v) is 15.8. The molecular weight excluding hydrogens is 304 g/mol. The predicted octanol–water partition coefficient (Wildman–Crippen LogP) is 5.93. The van der Waals surface area contributed by atoms with E-state index in [-0.39, 0.29) is 29.0 Å². The van der Waals surface area contributed by atoms with Gasteiger partial charge in [0, 0.05) is 11.1 Å². The van der Waals surface area contributed by atoms with Crippen LogP contribution in [0.4, 0.5) is 0 Å². The molecule has 0 aliphatic rings. The molecule has 1 nitrogen and oxygen atoms in total. The second-order valence-corrected chi connectivity index (χ2v) is 7.98. The predicted molar refractivity (Wildman–Crippen MR) is 101 cm³/mol. The maximum Gasteiger partial charge on any atom is 0.193 e. The fraction of sp³-hybridized carbons (Fsp3) is 0.381. The standard InChI is InChI=1S/C21H26O.ClH/c1-20(2,3)17-11-7-15(8-12-17)19(22)16-9-13-18(14-10-16)21(4,5)6;/h7-14H,1-6H3;1H. The molecule has 0 radical (unpaired) electrons. The maximum atomic E-state index is 12.6. The molecule has 0 saturated heterocycles. The van der Waals surface area contributed by atoms with Gasteiger partial charge in [-0.1, -0.05) is 90.1 Å². The Balaban J connectivity index is 0.00000264. The molecule has 0 aromatic heterocycles. The van der Waals surface area contributed by atoms with Gasteiger partial charge in [-0.25, -0.2) is 0 Å². The van der Waals surface area contributed by atoms with Crippen LogP contribution >= 0.6 is 12.4 Å². The highest BCUT2D eigenvalue weighted by molar-refractivity contribution is 6.09. The van der Waals surface area contributed by atoms with Gasteiger partial charge < -0.3 is 0 Å². The zero-order chi connectivity index (χ0) is 16.5. The Morgan fingerprint density at radius 3 is 1.09 bits per heavy atom. The molecule has 0 unspecified atom stereocenters. The van der Waals surface area contributed by atoms with Crippen LogP contribution in [0.25, 0.3) is 0 Å². The molecule has 2 aromatic rings. The summed E-state index contributed by atoms with van der Waals surface area (Å²) in [5, 5.41) is 0. The van der Waals surface area contributed by atoms with E-state index >= 15 is 0 Å². The first-order valence-corrected chi connectivity index (χ1v) is 7.85. The van der Waals surface area contributed by atoms with Crippen molar-refractivity contribution in [3.63, 3.8) is 0 Å². The lowest BCUT2D eigenvalue weighted by atomic mass is 9.85. The number of carbonyl (C=O) groups excluding carboxylic acids is 1. The minimum Gasteiger partial charge on any atom is -0.289 e. The molecule has 2 heteroatoms. The molecule has 23 heavy (non-hydrogen) atoms. The Labute approximate surface area is 146 Å². The van der Waals surface area contributed by atoms with Crippen LogP contribution in [0.15, 0.2) is 48.5 Å². The van der Waals surface area contributed by atoms with Crippen molar-refractivity contribution in [2.24, 2.45) is 0 Å². The molecule has 0 spiro atoms. The van der Waals surface area contributed by atoms with E-state index in [2.05, 4.69) is 65.8 Å². The van der Waals surface area contributed by atoms with E-state index < -0.39 is 0 Å². The van der Waals surface area contributed by atoms with Crippen LogP contribution in [-0.2, 0) is 10.8 Å². The largest absolute Gasteiger partial charge is 0.289 e. The molecule has 0 fully saturated rings. The van der Waals surface area contributed by atoms with Crippen LogP contribution in [0, 0.1) is 0 Å². The van der Waals surface area contributed by atoms with Gasteiger partial charge in [0.2, 0.25) is 0 Å². The Kier molecular flexibility index (Phi) is 5.82. The second kappa shape index (κ2) is 6.88. The minimum atomic E-state index is 0. The van der Waals surface area contributed by atoms with Crippen molar-refractivity contribution in [3.8, 4) is 0 Å². The molecule has 0 aliphatic carbocycles. The Morgan fingerprint density at radius 2 is 0.870 bits per heavy atom. The summed E-state index contributed by atoms with van der Waals surface area (Å²) in [4.78, 5) is 12.6. The summed E-state index contributed by atoms with van der Waals surface area (Å²) in [7, 11) is 0. The van der Waals surface area contributed by atoms with Crippen LogP contribution in [0.1, 0.15) is 68.6 Å². The van der Waals surface area contributed by atoms with Gasteiger partial charge in [0.15, 0.2) is 5.78 Å². The van der Waals surface area contributed by atoms with Crippen molar-refractivity contribution in [3.05, 3.63) is 70.8 Å². The highest BCUT2D eigenvalue weighted by Gasteiger charge is 2.16. The zero-order valence-electron chi connectivity index (χ0n) is 14.9. The third-order valence-corrected chi connectivity index (χ3v) is 4.03. The fourth-order valence-corrected chi connectivity index (χ4v) is 2.41. The first-order valence-electron chi connectivity index (χ1n) is 7.85. The first-order chi connectivity index (χ1) is 10.1. The number of benzene rings is 2. The molecular formula is C21H27ClO. The average Bonchev–Trinajstić information content (AvgIpc) is 2.45. The summed E-state index contributed by atoms with van der Waals surface area (Å²) < 4.78 is 0. The second-order valence-electron chi connectivity index (χ2n) is 7.98. The van der Waals surface area contributed by atoms with Crippen LogP contribution in [0.5, 0.6) is 0 Å². The van der Waals surface area contributed by atoms with Crippen LogP contribution < -0.4 is 0 Å². The number of ketones is 1. The van der Waals surface area contributed by atoms with Crippen molar-refractivity contribution < 1.29 is 4.79 Å². The average molecular weight is 331 g/mol. The van der Waals surface area contributed by atoms with E-state index in [0.29, 0.717) is 0 Å². The van der Waals surface area contributed by atoms with Gasteiger partial charge in [-0.05, 0) is 22.0 Å². The molecule has 0 saturated carbocycles. The summed E-state index contributed by atoms with van der Waals surface area (Å²) in [6.45, 7) is 13.1. The van der Waals surface area contributed by atoms with Crippen molar-refractivity contribution in [1.82, 2.24) is 0 Å².